The largest absolute Gasteiger partial charge is 0.477 e. The Kier molecular flexibility index (Phi) is 3.24. The Morgan fingerprint density at radius 3 is 2.61 bits per heavy atom. The summed E-state index contributed by atoms with van der Waals surface area (Å²) in [5, 5.41) is 9.57. The van der Waals surface area contributed by atoms with Crippen molar-refractivity contribution in [3.05, 3.63) is 23.0 Å². The summed E-state index contributed by atoms with van der Waals surface area (Å²) in [6.07, 6.45) is 3.22. The molecule has 0 saturated carbocycles. The van der Waals surface area contributed by atoms with Crippen molar-refractivity contribution in [2.45, 2.75) is 6.92 Å². The molecule has 0 radical (unpaired) electrons. The van der Waals surface area contributed by atoms with Crippen molar-refractivity contribution in [2.24, 2.45) is 0 Å². The van der Waals surface area contributed by atoms with Crippen LogP contribution in [0, 0.1) is 6.92 Å². The van der Waals surface area contributed by atoms with E-state index < -0.39 is 5.97 Å². The van der Waals surface area contributed by atoms with Gasteiger partial charge in [-0.15, -0.1) is 11.3 Å². The SMILES string of the molecule is Cc1nc(-c2cncc(N(C)C)n2)sc1C(=O)O. The van der Waals surface area contributed by atoms with Gasteiger partial charge in [0.1, 0.15) is 21.4 Å². The van der Waals surface area contributed by atoms with Gasteiger partial charge in [-0.1, -0.05) is 0 Å². The van der Waals surface area contributed by atoms with Crippen molar-refractivity contribution >= 4 is 23.1 Å². The fraction of sp³-hybridized carbons (Fsp3) is 0.273. The van der Waals surface area contributed by atoms with Crippen LogP contribution in [0.4, 0.5) is 5.82 Å². The van der Waals surface area contributed by atoms with Crippen LogP contribution in [0.2, 0.25) is 0 Å². The van der Waals surface area contributed by atoms with E-state index in [-0.39, 0.29) is 4.88 Å². The van der Waals surface area contributed by atoms with E-state index in [4.69, 9.17) is 5.11 Å². The van der Waals surface area contributed by atoms with Crippen LogP contribution in [0.5, 0.6) is 0 Å². The summed E-state index contributed by atoms with van der Waals surface area (Å²) in [6, 6.07) is 0. The Hall–Kier alpha value is -2.02. The van der Waals surface area contributed by atoms with Crippen molar-refractivity contribution in [2.75, 3.05) is 19.0 Å². The van der Waals surface area contributed by atoms with Gasteiger partial charge in [0, 0.05) is 14.1 Å². The maximum Gasteiger partial charge on any atom is 0.347 e. The van der Waals surface area contributed by atoms with Crippen molar-refractivity contribution in [1.29, 1.82) is 0 Å². The molecule has 94 valence electrons. The number of hydrogen-bond acceptors (Lipinski definition) is 6. The van der Waals surface area contributed by atoms with Gasteiger partial charge in [0.05, 0.1) is 18.1 Å². The molecule has 2 aromatic rings. The second-order valence-electron chi connectivity index (χ2n) is 3.90. The molecule has 2 heterocycles. The number of rotatable bonds is 3. The Balaban J connectivity index is 2.45. The Bertz CT molecular complexity index is 594. The summed E-state index contributed by atoms with van der Waals surface area (Å²) in [5.41, 5.74) is 1.08. The minimum absolute atomic E-state index is 0.238. The van der Waals surface area contributed by atoms with Crippen LogP contribution in [0.15, 0.2) is 12.4 Å². The molecule has 0 bridgehead atoms. The highest BCUT2D eigenvalue weighted by atomic mass is 32.1. The maximum absolute atomic E-state index is 11.0. The summed E-state index contributed by atoms with van der Waals surface area (Å²) in [5.74, 6) is -0.259. The molecule has 1 N–H and O–H groups in total. The van der Waals surface area contributed by atoms with Gasteiger partial charge in [-0.05, 0) is 6.92 Å². The smallest absolute Gasteiger partial charge is 0.347 e. The van der Waals surface area contributed by atoms with Gasteiger partial charge in [-0.2, -0.15) is 0 Å². The van der Waals surface area contributed by atoms with Gasteiger partial charge in [-0.3, -0.25) is 4.98 Å². The summed E-state index contributed by atoms with van der Waals surface area (Å²) in [6.45, 7) is 1.67. The zero-order valence-electron chi connectivity index (χ0n) is 10.2. The highest BCUT2D eigenvalue weighted by Gasteiger charge is 2.16. The van der Waals surface area contributed by atoms with Crippen LogP contribution in [0.3, 0.4) is 0 Å². The first-order valence-corrected chi connectivity index (χ1v) is 6.01. The highest BCUT2D eigenvalue weighted by Crippen LogP contribution is 2.26. The third kappa shape index (κ3) is 2.30. The van der Waals surface area contributed by atoms with Crippen molar-refractivity contribution in [3.63, 3.8) is 0 Å². The van der Waals surface area contributed by atoms with E-state index >= 15 is 0 Å². The van der Waals surface area contributed by atoms with Gasteiger partial charge in [0.15, 0.2) is 0 Å². The zero-order valence-corrected chi connectivity index (χ0v) is 11.0. The molecule has 0 aliphatic heterocycles. The predicted octanol–water partition coefficient (Wildman–Crippen LogP) is 1.67. The van der Waals surface area contributed by atoms with Crippen LogP contribution >= 0.6 is 11.3 Å². The average molecular weight is 264 g/mol. The van der Waals surface area contributed by atoms with Gasteiger partial charge >= 0.3 is 5.97 Å². The fourth-order valence-electron chi connectivity index (χ4n) is 1.38. The van der Waals surface area contributed by atoms with Gasteiger partial charge in [0.2, 0.25) is 0 Å². The van der Waals surface area contributed by atoms with E-state index in [1.54, 1.807) is 19.3 Å². The minimum atomic E-state index is -0.965. The average Bonchev–Trinajstić information content (AvgIpc) is 2.71. The number of aromatic carboxylic acids is 1. The second kappa shape index (κ2) is 4.69. The first kappa shape index (κ1) is 12.4. The molecule has 0 aliphatic carbocycles. The second-order valence-corrected chi connectivity index (χ2v) is 4.89. The molecule has 0 aliphatic rings. The van der Waals surface area contributed by atoms with Gasteiger partial charge < -0.3 is 10.0 Å². The number of anilines is 1. The third-order valence-corrected chi connectivity index (χ3v) is 3.46. The Morgan fingerprint density at radius 1 is 1.33 bits per heavy atom. The predicted molar refractivity (Wildman–Crippen MR) is 69.2 cm³/mol. The van der Waals surface area contributed by atoms with Crippen LogP contribution < -0.4 is 4.90 Å². The Labute approximate surface area is 108 Å². The fourth-order valence-corrected chi connectivity index (χ4v) is 2.24. The van der Waals surface area contributed by atoms with Gasteiger partial charge in [0.25, 0.3) is 0 Å². The lowest BCUT2D eigenvalue weighted by molar-refractivity contribution is 0.0701. The molecule has 18 heavy (non-hydrogen) atoms. The van der Waals surface area contributed by atoms with Crippen molar-refractivity contribution in [1.82, 2.24) is 15.0 Å². The number of hydrogen-bond donors (Lipinski definition) is 1. The molecular weight excluding hydrogens is 252 g/mol. The molecule has 0 amide bonds. The van der Waals surface area contributed by atoms with Crippen LogP contribution in [0.1, 0.15) is 15.4 Å². The summed E-state index contributed by atoms with van der Waals surface area (Å²) < 4.78 is 0. The molecule has 6 nitrogen and oxygen atoms in total. The lowest BCUT2D eigenvalue weighted by Gasteiger charge is -2.10. The molecule has 2 rings (SSSR count). The van der Waals surface area contributed by atoms with E-state index in [9.17, 15) is 4.79 Å². The van der Waals surface area contributed by atoms with Crippen molar-refractivity contribution < 1.29 is 9.90 Å². The molecule has 0 fully saturated rings. The number of carboxylic acid groups (broad SMARTS) is 1. The van der Waals surface area contributed by atoms with E-state index in [0.29, 0.717) is 22.2 Å². The first-order chi connectivity index (χ1) is 8.49. The van der Waals surface area contributed by atoms with E-state index in [1.807, 2.05) is 19.0 Å². The standard InChI is InChI=1S/C11H12N4O2S/c1-6-9(11(16)17)18-10(13-6)7-4-12-5-8(14-7)15(2)3/h4-5H,1-3H3,(H,16,17). The first-order valence-electron chi connectivity index (χ1n) is 5.19. The molecule has 0 spiro atoms. The van der Waals surface area contributed by atoms with E-state index in [2.05, 4.69) is 15.0 Å². The summed E-state index contributed by atoms with van der Waals surface area (Å²) in [7, 11) is 3.73. The van der Waals surface area contributed by atoms with Crippen LogP contribution in [0.25, 0.3) is 10.7 Å². The highest BCUT2D eigenvalue weighted by molar-refractivity contribution is 7.17. The van der Waals surface area contributed by atoms with E-state index in [0.717, 1.165) is 11.3 Å². The molecule has 0 saturated heterocycles. The molecular formula is C11H12N4O2S. The number of nitrogens with zero attached hydrogens (tertiary/aromatic N) is 4. The van der Waals surface area contributed by atoms with Gasteiger partial charge in [-0.25, -0.2) is 14.8 Å². The normalized spacial score (nSPS) is 10.4. The molecule has 7 heteroatoms. The lowest BCUT2D eigenvalue weighted by atomic mass is 10.4. The van der Waals surface area contributed by atoms with E-state index in [1.165, 1.54) is 0 Å². The molecule has 0 unspecified atom stereocenters. The Morgan fingerprint density at radius 2 is 2.06 bits per heavy atom. The van der Waals surface area contributed by atoms with Crippen LogP contribution in [-0.2, 0) is 0 Å². The summed E-state index contributed by atoms with van der Waals surface area (Å²) in [4.78, 5) is 25.7. The third-order valence-electron chi connectivity index (χ3n) is 2.29. The van der Waals surface area contributed by atoms with Crippen molar-refractivity contribution in [3.8, 4) is 10.7 Å². The number of aromatic nitrogens is 3. The topological polar surface area (TPSA) is 79.2 Å². The zero-order chi connectivity index (χ0) is 13.3. The monoisotopic (exact) mass is 264 g/mol. The summed E-state index contributed by atoms with van der Waals surface area (Å²) >= 11 is 1.11. The minimum Gasteiger partial charge on any atom is -0.477 e. The molecule has 2 aromatic heterocycles. The lowest BCUT2D eigenvalue weighted by Crippen LogP contribution is -2.11. The number of thiazole rings is 1. The maximum atomic E-state index is 11.0. The molecule has 0 aromatic carbocycles. The number of carboxylic acids is 1. The molecule has 0 atom stereocenters. The number of carbonyl (C=O) groups is 1. The quantitative estimate of drug-likeness (QED) is 0.908. The van der Waals surface area contributed by atoms with Crippen LogP contribution in [-0.4, -0.2) is 40.1 Å². The number of aryl methyl sites for hydroxylation is 1.